The minimum absolute atomic E-state index is 0.0359. The van der Waals surface area contributed by atoms with Gasteiger partial charge in [-0.25, -0.2) is 4.68 Å². The molecule has 1 aliphatic rings. The third-order valence-corrected chi connectivity index (χ3v) is 2.56. The van der Waals surface area contributed by atoms with Gasteiger partial charge in [0, 0.05) is 19.3 Å². The minimum Gasteiger partial charge on any atom is -0.353 e. The van der Waals surface area contributed by atoms with Crippen LogP contribution >= 0.6 is 0 Å². The van der Waals surface area contributed by atoms with Gasteiger partial charge in [0.15, 0.2) is 6.29 Å². The predicted molar refractivity (Wildman–Crippen MR) is 57.5 cm³/mol. The minimum atomic E-state index is -0.0359. The Morgan fingerprint density at radius 3 is 3.19 bits per heavy atom. The van der Waals surface area contributed by atoms with E-state index in [0.717, 1.165) is 25.1 Å². The van der Waals surface area contributed by atoms with Crippen molar-refractivity contribution in [3.8, 4) is 0 Å². The summed E-state index contributed by atoms with van der Waals surface area (Å²) in [5.41, 5.74) is 6.24. The molecule has 2 N–H and O–H groups in total. The first-order valence-corrected chi connectivity index (χ1v) is 5.71. The molecule has 2 heterocycles. The van der Waals surface area contributed by atoms with Gasteiger partial charge in [-0.3, -0.25) is 0 Å². The number of ether oxygens (including phenoxy) is 2. The summed E-state index contributed by atoms with van der Waals surface area (Å²) in [6, 6.07) is 0. The van der Waals surface area contributed by atoms with Crippen LogP contribution in [0.2, 0.25) is 0 Å². The largest absolute Gasteiger partial charge is 0.353 e. The molecule has 1 aromatic heterocycles. The summed E-state index contributed by atoms with van der Waals surface area (Å²) in [5, 5.41) is 7.84. The standard InChI is InChI=1S/C10H18N4O2/c11-7-9-8-14(13-12-9)4-6-16-10-3-1-2-5-15-10/h8,10H,1-7,11H2. The summed E-state index contributed by atoms with van der Waals surface area (Å²) in [6.07, 6.45) is 5.12. The van der Waals surface area contributed by atoms with Crippen molar-refractivity contribution in [2.24, 2.45) is 5.73 Å². The van der Waals surface area contributed by atoms with Gasteiger partial charge in [0.05, 0.1) is 18.8 Å². The Bertz CT molecular complexity index is 310. The second-order valence-electron chi connectivity index (χ2n) is 3.84. The van der Waals surface area contributed by atoms with Crippen LogP contribution in [0.15, 0.2) is 6.20 Å². The van der Waals surface area contributed by atoms with Crippen LogP contribution in [0.4, 0.5) is 0 Å². The van der Waals surface area contributed by atoms with Gasteiger partial charge >= 0.3 is 0 Å². The molecule has 0 amide bonds. The highest BCUT2D eigenvalue weighted by molar-refractivity contribution is 4.90. The molecule has 1 saturated heterocycles. The molecule has 6 nitrogen and oxygen atoms in total. The van der Waals surface area contributed by atoms with Crippen molar-refractivity contribution in [3.63, 3.8) is 0 Å². The maximum Gasteiger partial charge on any atom is 0.157 e. The highest BCUT2D eigenvalue weighted by Crippen LogP contribution is 2.13. The van der Waals surface area contributed by atoms with E-state index in [1.165, 1.54) is 6.42 Å². The molecule has 1 unspecified atom stereocenters. The lowest BCUT2D eigenvalue weighted by Gasteiger charge is -2.22. The number of nitrogens with two attached hydrogens (primary N) is 1. The molecule has 0 aromatic carbocycles. The van der Waals surface area contributed by atoms with Crippen LogP contribution in [0.25, 0.3) is 0 Å². The lowest BCUT2D eigenvalue weighted by Crippen LogP contribution is -2.24. The molecule has 6 heteroatoms. The second kappa shape index (κ2) is 5.93. The first-order valence-electron chi connectivity index (χ1n) is 5.71. The predicted octanol–water partition coefficient (Wildman–Crippen LogP) is 0.280. The number of rotatable bonds is 5. The maximum atomic E-state index is 5.59. The third-order valence-electron chi connectivity index (χ3n) is 2.56. The fraction of sp³-hybridized carbons (Fsp3) is 0.800. The first-order chi connectivity index (χ1) is 7.88. The normalized spacial score (nSPS) is 21.2. The van der Waals surface area contributed by atoms with Crippen LogP contribution in [0.5, 0.6) is 0 Å². The van der Waals surface area contributed by atoms with Crippen LogP contribution in [0, 0.1) is 0 Å². The van der Waals surface area contributed by atoms with E-state index in [9.17, 15) is 0 Å². The lowest BCUT2D eigenvalue weighted by molar-refractivity contribution is -0.163. The van der Waals surface area contributed by atoms with Crippen LogP contribution in [0.1, 0.15) is 25.0 Å². The summed E-state index contributed by atoms with van der Waals surface area (Å²) >= 11 is 0. The molecule has 0 spiro atoms. The Morgan fingerprint density at radius 1 is 1.56 bits per heavy atom. The average Bonchev–Trinajstić information content (AvgIpc) is 2.78. The Morgan fingerprint density at radius 2 is 2.50 bits per heavy atom. The van der Waals surface area contributed by atoms with Crippen LogP contribution in [-0.2, 0) is 22.6 Å². The van der Waals surface area contributed by atoms with E-state index >= 15 is 0 Å². The average molecular weight is 226 g/mol. The Hall–Kier alpha value is -0.980. The number of aromatic nitrogens is 3. The number of hydrogen-bond acceptors (Lipinski definition) is 5. The van der Waals surface area contributed by atoms with Crippen LogP contribution in [0.3, 0.4) is 0 Å². The smallest absolute Gasteiger partial charge is 0.157 e. The molecule has 2 rings (SSSR count). The van der Waals surface area contributed by atoms with Gasteiger partial charge in [0.1, 0.15) is 0 Å². The molecule has 1 atom stereocenters. The van der Waals surface area contributed by atoms with Crippen molar-refractivity contribution in [1.82, 2.24) is 15.0 Å². The van der Waals surface area contributed by atoms with Gasteiger partial charge in [-0.15, -0.1) is 5.10 Å². The van der Waals surface area contributed by atoms with Crippen molar-refractivity contribution < 1.29 is 9.47 Å². The molecule has 0 aliphatic carbocycles. The van der Waals surface area contributed by atoms with Crippen molar-refractivity contribution >= 4 is 0 Å². The van der Waals surface area contributed by atoms with E-state index in [4.69, 9.17) is 15.2 Å². The van der Waals surface area contributed by atoms with E-state index in [1.807, 2.05) is 6.20 Å². The molecule has 1 fully saturated rings. The van der Waals surface area contributed by atoms with Crippen LogP contribution < -0.4 is 5.73 Å². The Balaban J connectivity index is 1.66. The molecule has 0 radical (unpaired) electrons. The first kappa shape index (κ1) is 11.5. The lowest BCUT2D eigenvalue weighted by atomic mass is 10.2. The maximum absolute atomic E-state index is 5.59. The van der Waals surface area contributed by atoms with Crippen molar-refractivity contribution in [3.05, 3.63) is 11.9 Å². The topological polar surface area (TPSA) is 75.2 Å². The molecule has 1 aromatic rings. The van der Waals surface area contributed by atoms with E-state index in [1.54, 1.807) is 4.68 Å². The number of hydrogen-bond donors (Lipinski definition) is 1. The van der Waals surface area contributed by atoms with Gasteiger partial charge in [-0.2, -0.15) is 0 Å². The van der Waals surface area contributed by atoms with Gasteiger partial charge in [-0.05, 0) is 19.3 Å². The van der Waals surface area contributed by atoms with Crippen LogP contribution in [-0.4, -0.2) is 34.5 Å². The summed E-state index contributed by atoms with van der Waals surface area (Å²) in [7, 11) is 0. The molecular weight excluding hydrogens is 208 g/mol. The van der Waals surface area contributed by atoms with E-state index < -0.39 is 0 Å². The second-order valence-corrected chi connectivity index (χ2v) is 3.84. The quantitative estimate of drug-likeness (QED) is 0.780. The summed E-state index contributed by atoms with van der Waals surface area (Å²) in [6.45, 7) is 2.52. The van der Waals surface area contributed by atoms with Gasteiger partial charge in [0.25, 0.3) is 0 Å². The highest BCUT2D eigenvalue weighted by atomic mass is 16.7. The van der Waals surface area contributed by atoms with E-state index in [0.29, 0.717) is 19.7 Å². The third kappa shape index (κ3) is 3.26. The number of nitrogens with zero attached hydrogens (tertiary/aromatic N) is 3. The van der Waals surface area contributed by atoms with Crippen molar-refractivity contribution in [2.75, 3.05) is 13.2 Å². The van der Waals surface area contributed by atoms with E-state index in [-0.39, 0.29) is 6.29 Å². The van der Waals surface area contributed by atoms with Crippen molar-refractivity contribution in [1.29, 1.82) is 0 Å². The zero-order valence-electron chi connectivity index (χ0n) is 9.34. The molecule has 0 saturated carbocycles. The molecule has 1 aliphatic heterocycles. The summed E-state index contributed by atoms with van der Waals surface area (Å²) in [4.78, 5) is 0. The summed E-state index contributed by atoms with van der Waals surface area (Å²) < 4.78 is 12.8. The SMILES string of the molecule is NCc1cn(CCOC2CCCCO2)nn1. The molecule has 0 bridgehead atoms. The Kier molecular flexibility index (Phi) is 4.26. The fourth-order valence-electron chi connectivity index (χ4n) is 1.66. The van der Waals surface area contributed by atoms with E-state index in [2.05, 4.69) is 10.3 Å². The highest BCUT2D eigenvalue weighted by Gasteiger charge is 2.13. The molecular formula is C10H18N4O2. The Labute approximate surface area is 94.7 Å². The van der Waals surface area contributed by atoms with Gasteiger partial charge in [-0.1, -0.05) is 5.21 Å². The van der Waals surface area contributed by atoms with Gasteiger partial charge in [0.2, 0.25) is 0 Å². The van der Waals surface area contributed by atoms with Gasteiger partial charge < -0.3 is 15.2 Å². The zero-order valence-corrected chi connectivity index (χ0v) is 9.34. The zero-order chi connectivity index (χ0) is 11.2. The monoisotopic (exact) mass is 226 g/mol. The summed E-state index contributed by atoms with van der Waals surface area (Å²) in [5.74, 6) is 0. The molecule has 90 valence electrons. The molecule has 16 heavy (non-hydrogen) atoms. The van der Waals surface area contributed by atoms with Crippen molar-refractivity contribution in [2.45, 2.75) is 38.6 Å². The fourth-order valence-corrected chi connectivity index (χ4v) is 1.66.